The molecule has 1 amide bonds. The smallest absolute Gasteiger partial charge is 0.355 e. The van der Waals surface area contributed by atoms with Crippen molar-refractivity contribution in [1.82, 2.24) is 20.3 Å². The number of carbonyl (C=O) groups excluding carboxylic acids is 1. The van der Waals surface area contributed by atoms with E-state index < -0.39 is 17.6 Å². The largest absolute Gasteiger partial charge is 0.416 e. The van der Waals surface area contributed by atoms with Gasteiger partial charge in [-0.1, -0.05) is 19.1 Å². The van der Waals surface area contributed by atoms with E-state index in [4.69, 9.17) is 0 Å². The molecule has 1 fully saturated rings. The normalized spacial score (nSPS) is 14.8. The first kappa shape index (κ1) is 23.6. The lowest BCUT2D eigenvalue weighted by Crippen LogP contribution is -2.44. The molecular weight excluding hydrogens is 450 g/mol. The number of benzene rings is 1. The third kappa shape index (κ3) is 5.16. The van der Waals surface area contributed by atoms with Crippen LogP contribution in [-0.4, -0.2) is 40.0 Å². The van der Waals surface area contributed by atoms with Gasteiger partial charge in [0.1, 0.15) is 11.5 Å². The van der Waals surface area contributed by atoms with Crippen LogP contribution in [0.1, 0.15) is 31.7 Å². The lowest BCUT2D eigenvalue weighted by Gasteiger charge is -2.33. The maximum absolute atomic E-state index is 14.6. The van der Waals surface area contributed by atoms with Gasteiger partial charge in [-0.05, 0) is 31.0 Å². The number of halogens is 4. The highest BCUT2D eigenvalue weighted by atomic mass is 19.4. The fraction of sp³-hybridized carbons (Fsp3) is 0.333. The van der Waals surface area contributed by atoms with Gasteiger partial charge in [-0.2, -0.15) is 13.2 Å². The molecule has 6 nitrogen and oxygen atoms in total. The minimum absolute atomic E-state index is 0.00887. The molecule has 3 aromatic rings. The molecule has 1 aliphatic heterocycles. The molecule has 1 aromatic carbocycles. The first-order valence-corrected chi connectivity index (χ1v) is 10.9. The van der Waals surface area contributed by atoms with E-state index in [1.165, 1.54) is 24.4 Å². The van der Waals surface area contributed by atoms with E-state index in [0.717, 1.165) is 31.2 Å². The minimum atomic E-state index is -4.46. The van der Waals surface area contributed by atoms with Crippen molar-refractivity contribution >= 4 is 11.7 Å². The van der Waals surface area contributed by atoms with Gasteiger partial charge in [0.25, 0.3) is 0 Å². The molecule has 34 heavy (non-hydrogen) atoms. The molecule has 1 saturated heterocycles. The summed E-state index contributed by atoms with van der Waals surface area (Å²) in [6.45, 7) is 3.06. The second-order valence-corrected chi connectivity index (χ2v) is 8.04. The molecule has 1 aliphatic rings. The molecule has 0 aliphatic carbocycles. The lowest BCUT2D eigenvalue weighted by atomic mass is 10.0. The molecule has 178 valence electrons. The van der Waals surface area contributed by atoms with Gasteiger partial charge >= 0.3 is 6.18 Å². The number of amides is 1. The topological polar surface area (TPSA) is 71.0 Å². The Labute approximate surface area is 194 Å². The Bertz CT molecular complexity index is 1160. The highest BCUT2D eigenvalue weighted by molar-refractivity contribution is 5.79. The van der Waals surface area contributed by atoms with Gasteiger partial charge in [-0.3, -0.25) is 14.8 Å². The zero-order valence-corrected chi connectivity index (χ0v) is 18.4. The number of pyridine rings is 1. The molecule has 0 spiro atoms. The van der Waals surface area contributed by atoms with Gasteiger partial charge in [-0.25, -0.2) is 9.37 Å². The maximum atomic E-state index is 14.6. The monoisotopic (exact) mass is 473 g/mol. The highest BCUT2D eigenvalue weighted by Gasteiger charge is 2.30. The number of rotatable bonds is 5. The zero-order chi connectivity index (χ0) is 24.3. The van der Waals surface area contributed by atoms with E-state index in [9.17, 15) is 22.4 Å². The average molecular weight is 473 g/mol. The summed E-state index contributed by atoms with van der Waals surface area (Å²) in [7, 11) is 0. The van der Waals surface area contributed by atoms with Gasteiger partial charge in [0.2, 0.25) is 5.91 Å². The SMILES string of the molecule is CCC(=O)NC1CCN(c2cnc(-c3ccc(C(F)(F)F)cc3)c(-c3ccncc3F)n2)CC1. The third-order valence-electron chi connectivity index (χ3n) is 5.78. The minimum Gasteiger partial charge on any atom is -0.355 e. The number of piperidine rings is 1. The summed E-state index contributed by atoms with van der Waals surface area (Å²) in [4.78, 5) is 26.6. The highest BCUT2D eigenvalue weighted by Crippen LogP contribution is 2.35. The number of alkyl halides is 3. The Kier molecular flexibility index (Phi) is 6.76. The number of anilines is 1. The Morgan fingerprint density at radius 2 is 1.79 bits per heavy atom. The van der Waals surface area contributed by atoms with Gasteiger partial charge in [0.05, 0.1) is 23.7 Å². The number of aromatic nitrogens is 3. The molecule has 0 radical (unpaired) electrons. The first-order chi connectivity index (χ1) is 16.3. The maximum Gasteiger partial charge on any atom is 0.416 e. The van der Waals surface area contributed by atoms with Crippen LogP contribution in [0.2, 0.25) is 0 Å². The molecule has 2 aromatic heterocycles. The summed E-state index contributed by atoms with van der Waals surface area (Å²) in [5.41, 5.74) is 0.255. The van der Waals surface area contributed by atoms with Crippen LogP contribution in [-0.2, 0) is 11.0 Å². The van der Waals surface area contributed by atoms with Crippen molar-refractivity contribution in [3.63, 3.8) is 0 Å². The van der Waals surface area contributed by atoms with Gasteiger partial charge in [0, 0.05) is 42.9 Å². The van der Waals surface area contributed by atoms with Crippen molar-refractivity contribution in [2.45, 2.75) is 38.4 Å². The number of carbonyl (C=O) groups is 1. The van der Waals surface area contributed by atoms with Crippen molar-refractivity contribution in [3.05, 3.63) is 60.3 Å². The standard InChI is InChI=1S/C24H23F4N5O/c1-2-21(34)31-17-8-11-33(12-9-17)20-14-30-22(15-3-5-16(6-4-15)24(26,27)28)23(32-20)18-7-10-29-13-19(18)25/h3-7,10,13-14,17H,2,8-9,11-12H2,1H3,(H,31,34). The van der Waals surface area contributed by atoms with E-state index in [2.05, 4.69) is 20.3 Å². The zero-order valence-electron chi connectivity index (χ0n) is 18.4. The Morgan fingerprint density at radius 1 is 1.09 bits per heavy atom. The van der Waals surface area contributed by atoms with Crippen LogP contribution in [0.3, 0.4) is 0 Å². The molecule has 10 heteroatoms. The first-order valence-electron chi connectivity index (χ1n) is 10.9. The average Bonchev–Trinajstić information content (AvgIpc) is 2.84. The van der Waals surface area contributed by atoms with Crippen LogP contribution in [0, 0.1) is 5.82 Å². The van der Waals surface area contributed by atoms with E-state index in [1.54, 1.807) is 13.1 Å². The summed E-state index contributed by atoms with van der Waals surface area (Å²) >= 11 is 0. The van der Waals surface area contributed by atoms with Crippen LogP contribution in [0.5, 0.6) is 0 Å². The molecule has 0 saturated carbocycles. The lowest BCUT2D eigenvalue weighted by molar-refractivity contribution is -0.137. The van der Waals surface area contributed by atoms with Crippen LogP contribution in [0.15, 0.2) is 48.9 Å². The number of nitrogens with one attached hydrogen (secondary N) is 1. The predicted octanol–water partition coefficient (Wildman–Crippen LogP) is 4.86. The number of hydrogen-bond acceptors (Lipinski definition) is 5. The fourth-order valence-corrected chi connectivity index (χ4v) is 3.90. The van der Waals surface area contributed by atoms with Crippen molar-refractivity contribution < 1.29 is 22.4 Å². The molecule has 1 N–H and O–H groups in total. The number of nitrogens with zero attached hydrogens (tertiary/aromatic N) is 4. The van der Waals surface area contributed by atoms with Crippen LogP contribution < -0.4 is 10.2 Å². The predicted molar refractivity (Wildman–Crippen MR) is 119 cm³/mol. The summed E-state index contributed by atoms with van der Waals surface area (Å²) < 4.78 is 53.6. The summed E-state index contributed by atoms with van der Waals surface area (Å²) in [5.74, 6) is -0.0696. The van der Waals surface area contributed by atoms with Crippen molar-refractivity contribution in [2.75, 3.05) is 18.0 Å². The van der Waals surface area contributed by atoms with Crippen molar-refractivity contribution in [1.29, 1.82) is 0 Å². The van der Waals surface area contributed by atoms with Gasteiger partial charge in [0.15, 0.2) is 5.82 Å². The Balaban J connectivity index is 1.66. The fourth-order valence-electron chi connectivity index (χ4n) is 3.90. The molecule has 3 heterocycles. The Morgan fingerprint density at radius 3 is 2.41 bits per heavy atom. The van der Waals surface area contributed by atoms with E-state index in [1.807, 2.05) is 4.90 Å². The summed E-state index contributed by atoms with van der Waals surface area (Å²) in [5, 5.41) is 2.99. The molecular formula is C24H23F4N5O. The van der Waals surface area contributed by atoms with Gasteiger partial charge in [-0.15, -0.1) is 0 Å². The Hall–Kier alpha value is -3.56. The summed E-state index contributed by atoms with van der Waals surface area (Å²) in [6.07, 6.45) is 1.45. The second-order valence-electron chi connectivity index (χ2n) is 8.04. The van der Waals surface area contributed by atoms with Crippen LogP contribution in [0.4, 0.5) is 23.4 Å². The van der Waals surface area contributed by atoms with Crippen molar-refractivity contribution in [2.24, 2.45) is 0 Å². The molecule has 0 bridgehead atoms. The van der Waals surface area contributed by atoms with E-state index in [0.29, 0.717) is 30.9 Å². The van der Waals surface area contributed by atoms with E-state index >= 15 is 0 Å². The van der Waals surface area contributed by atoms with E-state index in [-0.39, 0.29) is 28.9 Å². The quantitative estimate of drug-likeness (QED) is 0.536. The van der Waals surface area contributed by atoms with Crippen LogP contribution >= 0.6 is 0 Å². The van der Waals surface area contributed by atoms with Crippen molar-refractivity contribution in [3.8, 4) is 22.5 Å². The molecule has 4 rings (SSSR count). The van der Waals surface area contributed by atoms with Crippen LogP contribution in [0.25, 0.3) is 22.5 Å². The third-order valence-corrected chi connectivity index (χ3v) is 5.78. The second kappa shape index (κ2) is 9.74. The molecule has 0 atom stereocenters. The number of hydrogen-bond donors (Lipinski definition) is 1. The summed E-state index contributed by atoms with van der Waals surface area (Å²) in [6, 6.07) is 6.08. The molecule has 0 unspecified atom stereocenters. The van der Waals surface area contributed by atoms with Gasteiger partial charge < -0.3 is 10.2 Å².